The molecule has 10 heteroatoms. The van der Waals surface area contributed by atoms with Crippen molar-refractivity contribution >= 4 is 34.7 Å². The van der Waals surface area contributed by atoms with Crippen molar-refractivity contribution in [3.8, 4) is 17.1 Å². The Kier molecular flexibility index (Phi) is 6.74. The predicted octanol–water partition coefficient (Wildman–Crippen LogP) is 4.77. The van der Waals surface area contributed by atoms with Gasteiger partial charge in [-0.05, 0) is 62.7 Å². The number of rotatable bonds is 4. The number of halogens is 1. The maximum atomic E-state index is 12.3. The molecular formula is C27H30ClN7O2. The SMILES string of the molecule is CC(C)(C)OC(=O)N1CCN(Cc2ccc(-n3c(-c4cccnc4N)nc4ccc(Cl)nc43)cc2)CC1. The molecule has 1 aliphatic rings. The second kappa shape index (κ2) is 9.99. The number of imidazole rings is 1. The molecule has 1 amide bonds. The molecule has 0 spiro atoms. The highest BCUT2D eigenvalue weighted by Crippen LogP contribution is 2.31. The first-order chi connectivity index (χ1) is 17.7. The molecule has 1 fully saturated rings. The summed E-state index contributed by atoms with van der Waals surface area (Å²) in [7, 11) is 0. The van der Waals surface area contributed by atoms with Crippen LogP contribution in [0.25, 0.3) is 28.2 Å². The largest absolute Gasteiger partial charge is 0.444 e. The lowest BCUT2D eigenvalue weighted by molar-refractivity contribution is 0.0139. The van der Waals surface area contributed by atoms with Crippen LogP contribution in [0.2, 0.25) is 5.15 Å². The van der Waals surface area contributed by atoms with Gasteiger partial charge in [0, 0.05) is 44.6 Å². The molecule has 37 heavy (non-hydrogen) atoms. The van der Waals surface area contributed by atoms with Gasteiger partial charge in [0.15, 0.2) is 11.5 Å². The van der Waals surface area contributed by atoms with Gasteiger partial charge in [-0.3, -0.25) is 9.47 Å². The summed E-state index contributed by atoms with van der Waals surface area (Å²) in [5, 5.41) is 0.390. The van der Waals surface area contributed by atoms with E-state index in [1.807, 2.05) is 55.7 Å². The van der Waals surface area contributed by atoms with E-state index in [9.17, 15) is 4.79 Å². The molecule has 0 unspecified atom stereocenters. The fourth-order valence-electron chi connectivity index (χ4n) is 4.39. The van der Waals surface area contributed by atoms with Gasteiger partial charge in [-0.1, -0.05) is 23.7 Å². The first-order valence-corrected chi connectivity index (χ1v) is 12.6. The van der Waals surface area contributed by atoms with Crippen LogP contribution < -0.4 is 5.73 Å². The molecule has 0 bridgehead atoms. The minimum absolute atomic E-state index is 0.247. The van der Waals surface area contributed by atoms with E-state index in [0.717, 1.165) is 36.4 Å². The van der Waals surface area contributed by atoms with Gasteiger partial charge in [0.2, 0.25) is 0 Å². The molecule has 192 valence electrons. The van der Waals surface area contributed by atoms with E-state index in [1.165, 1.54) is 5.56 Å². The van der Waals surface area contributed by atoms with E-state index in [-0.39, 0.29) is 6.09 Å². The topological polar surface area (TPSA) is 102 Å². The molecule has 1 saturated heterocycles. The van der Waals surface area contributed by atoms with E-state index in [0.29, 0.717) is 35.5 Å². The number of piperazine rings is 1. The van der Waals surface area contributed by atoms with Crippen LogP contribution in [-0.2, 0) is 11.3 Å². The van der Waals surface area contributed by atoms with Crippen molar-refractivity contribution < 1.29 is 9.53 Å². The van der Waals surface area contributed by atoms with Crippen molar-refractivity contribution in [2.75, 3.05) is 31.9 Å². The number of aromatic nitrogens is 4. The smallest absolute Gasteiger partial charge is 0.410 e. The summed E-state index contributed by atoms with van der Waals surface area (Å²) in [5.74, 6) is 1.05. The lowest BCUT2D eigenvalue weighted by atomic mass is 10.1. The number of ether oxygens (including phenoxy) is 1. The Morgan fingerprint density at radius 2 is 1.76 bits per heavy atom. The molecule has 1 aliphatic heterocycles. The summed E-state index contributed by atoms with van der Waals surface area (Å²) >= 11 is 6.23. The number of nitrogens with zero attached hydrogens (tertiary/aromatic N) is 6. The Bertz CT molecular complexity index is 1420. The summed E-state index contributed by atoms with van der Waals surface area (Å²) in [6.07, 6.45) is 1.41. The summed E-state index contributed by atoms with van der Waals surface area (Å²) in [6.45, 7) is 9.33. The number of carbonyl (C=O) groups excluding carboxylic acids is 1. The van der Waals surface area contributed by atoms with Crippen molar-refractivity contribution in [1.29, 1.82) is 0 Å². The first kappa shape index (κ1) is 25.0. The van der Waals surface area contributed by atoms with Crippen molar-refractivity contribution in [2.24, 2.45) is 0 Å². The third-order valence-corrected chi connectivity index (χ3v) is 6.39. The highest BCUT2D eigenvalue weighted by Gasteiger charge is 2.26. The van der Waals surface area contributed by atoms with Crippen LogP contribution in [0.3, 0.4) is 0 Å². The van der Waals surface area contributed by atoms with Gasteiger partial charge in [-0.2, -0.15) is 0 Å². The molecule has 3 aromatic heterocycles. The van der Waals surface area contributed by atoms with Gasteiger partial charge in [0.1, 0.15) is 22.1 Å². The minimum atomic E-state index is -0.486. The molecule has 5 rings (SSSR count). The zero-order valence-corrected chi connectivity index (χ0v) is 21.9. The second-order valence-electron chi connectivity index (χ2n) is 10.1. The van der Waals surface area contributed by atoms with Gasteiger partial charge >= 0.3 is 6.09 Å². The van der Waals surface area contributed by atoms with Crippen LogP contribution in [0.4, 0.5) is 10.6 Å². The molecule has 9 nitrogen and oxygen atoms in total. The predicted molar refractivity (Wildman–Crippen MR) is 145 cm³/mol. The summed E-state index contributed by atoms with van der Waals surface area (Å²) in [5.41, 5.74) is 9.87. The molecule has 2 N–H and O–H groups in total. The van der Waals surface area contributed by atoms with E-state index >= 15 is 0 Å². The third kappa shape index (κ3) is 5.52. The zero-order chi connectivity index (χ0) is 26.2. The molecular weight excluding hydrogens is 490 g/mol. The number of nitrogen functional groups attached to an aromatic ring is 1. The Labute approximate surface area is 220 Å². The van der Waals surface area contributed by atoms with Crippen LogP contribution in [0.1, 0.15) is 26.3 Å². The normalized spacial score (nSPS) is 14.8. The molecule has 0 saturated carbocycles. The minimum Gasteiger partial charge on any atom is -0.444 e. The molecule has 1 aromatic carbocycles. The number of hydrogen-bond acceptors (Lipinski definition) is 7. The summed E-state index contributed by atoms with van der Waals surface area (Å²) in [6, 6.07) is 15.6. The van der Waals surface area contributed by atoms with Gasteiger partial charge < -0.3 is 15.4 Å². The van der Waals surface area contributed by atoms with Crippen LogP contribution >= 0.6 is 11.6 Å². The van der Waals surface area contributed by atoms with E-state index in [2.05, 4.69) is 27.0 Å². The van der Waals surface area contributed by atoms with Crippen LogP contribution in [0.15, 0.2) is 54.7 Å². The Morgan fingerprint density at radius 1 is 1.03 bits per heavy atom. The third-order valence-electron chi connectivity index (χ3n) is 6.17. The molecule has 0 aliphatic carbocycles. The van der Waals surface area contributed by atoms with Crippen molar-refractivity contribution in [3.05, 3.63) is 65.4 Å². The Balaban J connectivity index is 1.35. The number of benzene rings is 1. The maximum absolute atomic E-state index is 12.3. The average molecular weight is 520 g/mol. The first-order valence-electron chi connectivity index (χ1n) is 12.2. The molecule has 0 radical (unpaired) electrons. The quantitative estimate of drug-likeness (QED) is 0.387. The van der Waals surface area contributed by atoms with Crippen LogP contribution in [0.5, 0.6) is 0 Å². The van der Waals surface area contributed by atoms with Crippen LogP contribution in [-0.4, -0.2) is 67.2 Å². The van der Waals surface area contributed by atoms with Gasteiger partial charge in [0.25, 0.3) is 0 Å². The lowest BCUT2D eigenvalue weighted by Crippen LogP contribution is -2.49. The van der Waals surface area contributed by atoms with E-state index < -0.39 is 5.60 Å². The average Bonchev–Trinajstić information content (AvgIpc) is 3.22. The van der Waals surface area contributed by atoms with Crippen LogP contribution in [0, 0.1) is 0 Å². The number of hydrogen-bond donors (Lipinski definition) is 1. The summed E-state index contributed by atoms with van der Waals surface area (Å²) in [4.78, 5) is 30.0. The van der Waals surface area contributed by atoms with Crippen molar-refractivity contribution in [3.63, 3.8) is 0 Å². The summed E-state index contributed by atoms with van der Waals surface area (Å²) < 4.78 is 7.46. The number of pyridine rings is 2. The lowest BCUT2D eigenvalue weighted by Gasteiger charge is -2.35. The van der Waals surface area contributed by atoms with Gasteiger partial charge in [0.05, 0.1) is 5.56 Å². The van der Waals surface area contributed by atoms with Crippen molar-refractivity contribution in [2.45, 2.75) is 32.9 Å². The maximum Gasteiger partial charge on any atom is 0.410 e. The number of anilines is 1. The van der Waals surface area contributed by atoms with Gasteiger partial charge in [-0.15, -0.1) is 0 Å². The number of fused-ring (bicyclic) bond motifs is 1. The highest BCUT2D eigenvalue weighted by atomic mass is 35.5. The fraction of sp³-hybridized carbons (Fsp3) is 0.333. The Morgan fingerprint density at radius 3 is 2.43 bits per heavy atom. The molecule has 0 atom stereocenters. The van der Waals surface area contributed by atoms with Crippen molar-refractivity contribution in [1.82, 2.24) is 29.3 Å². The van der Waals surface area contributed by atoms with Gasteiger partial charge in [-0.25, -0.2) is 19.7 Å². The number of amides is 1. The highest BCUT2D eigenvalue weighted by molar-refractivity contribution is 6.29. The molecule has 4 aromatic rings. The van der Waals surface area contributed by atoms with E-state index in [4.69, 9.17) is 27.1 Å². The fourth-order valence-corrected chi connectivity index (χ4v) is 4.53. The standard InChI is InChI=1S/C27H30ClN7O2/c1-27(2,3)37-26(36)34-15-13-33(14-16-34)17-18-6-8-19(9-7-18)35-24(20-5-4-12-30-23(20)29)31-21-10-11-22(28)32-25(21)35/h4-12H,13-17H2,1-3H3,(H2,29,30). The second-order valence-corrected chi connectivity index (χ2v) is 10.5. The zero-order valence-electron chi connectivity index (χ0n) is 21.2. The van der Waals surface area contributed by atoms with E-state index in [1.54, 1.807) is 17.2 Å². The Hall–Kier alpha value is -3.69. The number of nitrogens with two attached hydrogens (primary N) is 1. The number of carbonyl (C=O) groups is 1. The molecule has 4 heterocycles. The monoisotopic (exact) mass is 519 g/mol.